The first-order chi connectivity index (χ1) is 10.3. The summed E-state index contributed by atoms with van der Waals surface area (Å²) in [5, 5.41) is 10.3. The second kappa shape index (κ2) is 6.31. The Morgan fingerprint density at radius 1 is 0.905 bits per heavy atom. The van der Waals surface area contributed by atoms with Crippen molar-refractivity contribution < 1.29 is 5.11 Å². The number of hydrogen-bond acceptors (Lipinski definition) is 2. The number of benzene rings is 2. The molecule has 1 aliphatic heterocycles. The fraction of sp³-hybridized carbons (Fsp3) is 0.368. The summed E-state index contributed by atoms with van der Waals surface area (Å²) < 4.78 is 0. The lowest BCUT2D eigenvalue weighted by Gasteiger charge is -2.35. The van der Waals surface area contributed by atoms with Crippen LogP contribution >= 0.6 is 0 Å². The quantitative estimate of drug-likeness (QED) is 0.908. The summed E-state index contributed by atoms with van der Waals surface area (Å²) in [7, 11) is 0. The van der Waals surface area contributed by atoms with E-state index in [2.05, 4.69) is 42.2 Å². The average molecular weight is 281 g/mol. The predicted octanol–water partition coefficient (Wildman–Crippen LogP) is 4.28. The molecule has 1 fully saturated rings. The minimum atomic E-state index is 0.159. The van der Waals surface area contributed by atoms with E-state index in [-0.39, 0.29) is 6.04 Å². The van der Waals surface area contributed by atoms with E-state index in [1.165, 1.54) is 30.4 Å². The minimum Gasteiger partial charge on any atom is -0.508 e. The highest BCUT2D eigenvalue weighted by molar-refractivity contribution is 5.41. The predicted molar refractivity (Wildman–Crippen MR) is 86.6 cm³/mol. The van der Waals surface area contributed by atoms with Gasteiger partial charge >= 0.3 is 0 Å². The van der Waals surface area contributed by atoms with Crippen LogP contribution < -0.4 is 0 Å². The smallest absolute Gasteiger partial charge is 0.120 e. The second-order valence-electron chi connectivity index (χ2n) is 5.97. The third-order valence-electron chi connectivity index (χ3n) is 4.38. The van der Waals surface area contributed by atoms with Gasteiger partial charge in [-0.2, -0.15) is 0 Å². The summed E-state index contributed by atoms with van der Waals surface area (Å²) in [5.74, 6) is 0.397. The fourth-order valence-corrected chi connectivity index (χ4v) is 3.23. The van der Waals surface area contributed by atoms with Crippen molar-refractivity contribution >= 4 is 0 Å². The van der Waals surface area contributed by atoms with Crippen LogP contribution in [0.25, 0.3) is 0 Å². The number of nitrogens with zero attached hydrogens (tertiary/aromatic N) is 1. The highest BCUT2D eigenvalue weighted by Gasteiger charge is 2.25. The van der Waals surface area contributed by atoms with E-state index in [1.807, 2.05) is 12.1 Å². The fourth-order valence-electron chi connectivity index (χ4n) is 3.23. The zero-order chi connectivity index (χ0) is 14.7. The Morgan fingerprint density at radius 2 is 1.57 bits per heavy atom. The van der Waals surface area contributed by atoms with Gasteiger partial charge in [-0.3, -0.25) is 4.90 Å². The van der Waals surface area contributed by atoms with Gasteiger partial charge in [0.1, 0.15) is 5.75 Å². The van der Waals surface area contributed by atoms with Gasteiger partial charge in [-0.15, -0.1) is 0 Å². The molecular formula is C19H23NO. The molecule has 1 atom stereocenters. The van der Waals surface area contributed by atoms with Gasteiger partial charge in [0, 0.05) is 5.56 Å². The molecule has 2 heteroatoms. The first-order valence-corrected chi connectivity index (χ1v) is 7.84. The molecule has 1 unspecified atom stereocenters. The Kier molecular flexibility index (Phi) is 4.26. The van der Waals surface area contributed by atoms with Gasteiger partial charge in [-0.1, -0.05) is 54.4 Å². The Hall–Kier alpha value is -1.80. The molecule has 1 N–H and O–H groups in total. The summed E-state index contributed by atoms with van der Waals surface area (Å²) in [6.07, 6.45) is 3.81. The number of para-hydroxylation sites is 1. The van der Waals surface area contributed by atoms with E-state index >= 15 is 0 Å². The monoisotopic (exact) mass is 281 g/mol. The number of likely N-dealkylation sites (tertiary alicyclic amines) is 1. The first-order valence-electron chi connectivity index (χ1n) is 7.84. The van der Waals surface area contributed by atoms with Crippen molar-refractivity contribution in [3.63, 3.8) is 0 Å². The zero-order valence-electron chi connectivity index (χ0n) is 12.6. The van der Waals surface area contributed by atoms with Crippen molar-refractivity contribution in [3.8, 4) is 5.75 Å². The van der Waals surface area contributed by atoms with Crippen LogP contribution in [-0.4, -0.2) is 23.1 Å². The van der Waals surface area contributed by atoms with Gasteiger partial charge < -0.3 is 5.11 Å². The van der Waals surface area contributed by atoms with Crippen LogP contribution in [0.15, 0.2) is 48.5 Å². The van der Waals surface area contributed by atoms with Crippen LogP contribution in [-0.2, 0) is 0 Å². The molecular weight excluding hydrogens is 258 g/mol. The number of aryl methyl sites for hydroxylation is 1. The Balaban J connectivity index is 2.01. The highest BCUT2D eigenvalue weighted by Crippen LogP contribution is 2.35. The number of hydrogen-bond donors (Lipinski definition) is 1. The summed E-state index contributed by atoms with van der Waals surface area (Å²) >= 11 is 0. The second-order valence-corrected chi connectivity index (χ2v) is 5.97. The van der Waals surface area contributed by atoms with Crippen molar-refractivity contribution in [2.75, 3.05) is 13.1 Å². The van der Waals surface area contributed by atoms with Crippen molar-refractivity contribution in [1.82, 2.24) is 4.90 Å². The zero-order valence-corrected chi connectivity index (χ0v) is 12.6. The Morgan fingerprint density at radius 3 is 2.24 bits per heavy atom. The lowest BCUT2D eigenvalue weighted by Crippen LogP contribution is -2.34. The number of aromatic hydroxyl groups is 1. The average Bonchev–Trinajstić information content (AvgIpc) is 2.52. The molecule has 0 aliphatic carbocycles. The number of piperidine rings is 1. The first kappa shape index (κ1) is 14.2. The van der Waals surface area contributed by atoms with E-state index in [4.69, 9.17) is 0 Å². The standard InChI is InChI=1S/C19H23NO/c1-15-9-11-16(12-10-15)19(20-13-5-2-6-14-20)17-7-3-4-8-18(17)21/h3-4,7-12,19,21H,2,5-6,13-14H2,1H3. The topological polar surface area (TPSA) is 23.5 Å². The highest BCUT2D eigenvalue weighted by atomic mass is 16.3. The van der Waals surface area contributed by atoms with Crippen molar-refractivity contribution in [1.29, 1.82) is 0 Å². The van der Waals surface area contributed by atoms with Crippen molar-refractivity contribution in [3.05, 3.63) is 65.2 Å². The molecule has 2 nitrogen and oxygen atoms in total. The lowest BCUT2D eigenvalue weighted by molar-refractivity contribution is 0.185. The van der Waals surface area contributed by atoms with Gasteiger partial charge in [0.2, 0.25) is 0 Å². The molecule has 0 aromatic heterocycles. The van der Waals surface area contributed by atoms with Gasteiger partial charge in [0.15, 0.2) is 0 Å². The molecule has 0 amide bonds. The van der Waals surface area contributed by atoms with Crippen molar-refractivity contribution in [2.45, 2.75) is 32.2 Å². The van der Waals surface area contributed by atoms with Crippen LogP contribution in [0.4, 0.5) is 0 Å². The lowest BCUT2D eigenvalue weighted by atomic mass is 9.94. The molecule has 0 spiro atoms. The van der Waals surface area contributed by atoms with Crippen LogP contribution in [0, 0.1) is 6.92 Å². The molecule has 2 aromatic carbocycles. The molecule has 0 saturated carbocycles. The molecule has 110 valence electrons. The minimum absolute atomic E-state index is 0.159. The summed E-state index contributed by atoms with van der Waals surface area (Å²) in [6.45, 7) is 4.32. The van der Waals surface area contributed by atoms with E-state index in [0.29, 0.717) is 5.75 Å². The van der Waals surface area contributed by atoms with E-state index < -0.39 is 0 Å². The van der Waals surface area contributed by atoms with Crippen LogP contribution in [0.3, 0.4) is 0 Å². The largest absolute Gasteiger partial charge is 0.508 e. The maximum absolute atomic E-state index is 10.3. The van der Waals surface area contributed by atoms with Crippen LogP contribution in [0.1, 0.15) is 42.0 Å². The molecule has 0 bridgehead atoms. The molecule has 3 rings (SSSR count). The van der Waals surface area contributed by atoms with Crippen LogP contribution in [0.2, 0.25) is 0 Å². The van der Waals surface area contributed by atoms with Gasteiger partial charge in [-0.05, 0) is 44.5 Å². The summed E-state index contributed by atoms with van der Waals surface area (Å²) in [6, 6.07) is 16.6. The van der Waals surface area contributed by atoms with E-state index in [0.717, 1.165) is 18.7 Å². The third kappa shape index (κ3) is 3.11. The maximum atomic E-state index is 10.3. The van der Waals surface area contributed by atoms with E-state index in [1.54, 1.807) is 6.07 Å². The molecule has 1 aliphatic rings. The third-order valence-corrected chi connectivity index (χ3v) is 4.38. The molecule has 1 saturated heterocycles. The van der Waals surface area contributed by atoms with Crippen molar-refractivity contribution in [2.24, 2.45) is 0 Å². The maximum Gasteiger partial charge on any atom is 0.120 e. The number of rotatable bonds is 3. The SMILES string of the molecule is Cc1ccc(C(c2ccccc2O)N2CCCCC2)cc1. The number of phenolic OH excluding ortho intramolecular Hbond substituents is 1. The molecule has 21 heavy (non-hydrogen) atoms. The van der Waals surface area contributed by atoms with Crippen LogP contribution in [0.5, 0.6) is 5.75 Å². The van der Waals surface area contributed by atoms with Gasteiger partial charge in [0.25, 0.3) is 0 Å². The molecule has 0 radical (unpaired) electrons. The van der Waals surface area contributed by atoms with E-state index in [9.17, 15) is 5.11 Å². The molecule has 2 aromatic rings. The Labute approximate surface area is 127 Å². The number of phenols is 1. The van der Waals surface area contributed by atoms with Gasteiger partial charge in [0.05, 0.1) is 6.04 Å². The van der Waals surface area contributed by atoms with Gasteiger partial charge in [-0.25, -0.2) is 0 Å². The normalized spacial score (nSPS) is 17.6. The Bertz CT molecular complexity index is 585. The summed E-state index contributed by atoms with van der Waals surface area (Å²) in [4.78, 5) is 2.50. The summed E-state index contributed by atoms with van der Waals surface area (Å²) in [5.41, 5.74) is 3.56. The molecule has 1 heterocycles.